The van der Waals surface area contributed by atoms with Crippen LogP contribution in [0, 0.1) is 11.8 Å². The molecule has 9 heteroatoms. The molecule has 2 heterocycles. The van der Waals surface area contributed by atoms with E-state index in [-0.39, 0.29) is 19.0 Å². The maximum Gasteiger partial charge on any atom is 0.237 e. The monoisotopic (exact) mass is 515 g/mol. The van der Waals surface area contributed by atoms with E-state index in [9.17, 15) is 13.2 Å². The van der Waals surface area contributed by atoms with Crippen LogP contribution in [0.15, 0.2) is 12.1 Å². The van der Waals surface area contributed by atoms with Crippen LogP contribution in [0.2, 0.25) is 10.0 Å². The van der Waals surface area contributed by atoms with Crippen LogP contribution in [0.5, 0.6) is 0 Å². The summed E-state index contributed by atoms with van der Waals surface area (Å²) in [6, 6.07) is 4.22. The topological polar surface area (TPSA) is 69.7 Å². The second-order valence-corrected chi connectivity index (χ2v) is 13.0. The molecule has 0 atom stereocenters. The van der Waals surface area contributed by atoms with Gasteiger partial charge in [0.1, 0.15) is 0 Å². The van der Waals surface area contributed by atoms with Gasteiger partial charge in [-0.3, -0.25) is 4.79 Å². The van der Waals surface area contributed by atoms with E-state index in [1.165, 1.54) is 25.7 Å². The largest absolute Gasteiger partial charge is 0.310 e. The lowest BCUT2D eigenvalue weighted by atomic mass is 9.72. The molecule has 1 aromatic carbocycles. The summed E-state index contributed by atoms with van der Waals surface area (Å²) < 4.78 is 25.5. The lowest BCUT2D eigenvalue weighted by molar-refractivity contribution is -0.125. The number of carbonyl (C=O) groups is 1. The molecule has 1 aromatic rings. The standard InChI is InChI=1S/C24H35Cl2N3O3S/c1-16(2)17-4-6-18(7-5-17)28-11-8-24(9-12-28)19-14-20(25)21(26)15-22(19)29(23(24)30)13-10-27-33(3,31)32/h14-18,27H,4-13H2,1-3H3. The Labute approximate surface area is 208 Å². The summed E-state index contributed by atoms with van der Waals surface area (Å²) in [7, 11) is -3.33. The number of rotatable bonds is 6. The Morgan fingerprint density at radius 2 is 1.70 bits per heavy atom. The first-order chi connectivity index (χ1) is 15.5. The number of fused-ring (bicyclic) bond motifs is 2. The number of sulfonamides is 1. The van der Waals surface area contributed by atoms with Crippen LogP contribution in [0.1, 0.15) is 57.9 Å². The zero-order valence-corrected chi connectivity index (χ0v) is 22.1. The highest BCUT2D eigenvalue weighted by molar-refractivity contribution is 7.88. The highest BCUT2D eigenvalue weighted by Gasteiger charge is 2.52. The molecular formula is C24H35Cl2N3O3S. The molecule has 1 saturated carbocycles. The second-order valence-electron chi connectivity index (χ2n) is 10.3. The van der Waals surface area contributed by atoms with Crippen molar-refractivity contribution in [3.8, 4) is 0 Å². The number of carbonyl (C=O) groups excluding carboxylic acids is 1. The summed E-state index contributed by atoms with van der Waals surface area (Å²) in [4.78, 5) is 18.0. The zero-order chi connectivity index (χ0) is 24.0. The smallest absolute Gasteiger partial charge is 0.237 e. The van der Waals surface area contributed by atoms with Gasteiger partial charge >= 0.3 is 0 Å². The predicted molar refractivity (Wildman–Crippen MR) is 135 cm³/mol. The number of anilines is 1. The van der Waals surface area contributed by atoms with Crippen LogP contribution in [0.3, 0.4) is 0 Å². The van der Waals surface area contributed by atoms with Crippen molar-refractivity contribution in [3.63, 3.8) is 0 Å². The molecule has 1 N–H and O–H groups in total. The van der Waals surface area contributed by atoms with Crippen molar-refractivity contribution in [1.82, 2.24) is 9.62 Å². The van der Waals surface area contributed by atoms with Crippen LogP contribution in [0.4, 0.5) is 5.69 Å². The van der Waals surface area contributed by atoms with Crippen molar-refractivity contribution < 1.29 is 13.2 Å². The Morgan fingerprint density at radius 1 is 1.09 bits per heavy atom. The van der Waals surface area contributed by atoms with Crippen molar-refractivity contribution in [3.05, 3.63) is 27.7 Å². The van der Waals surface area contributed by atoms with Crippen LogP contribution in [-0.4, -0.2) is 57.7 Å². The van der Waals surface area contributed by atoms with E-state index in [1.54, 1.807) is 11.0 Å². The number of nitrogens with zero attached hydrogens (tertiary/aromatic N) is 2. The number of amides is 1. The summed E-state index contributed by atoms with van der Waals surface area (Å²) in [5.74, 6) is 1.62. The molecule has 33 heavy (non-hydrogen) atoms. The molecule has 6 nitrogen and oxygen atoms in total. The Hall–Kier alpha value is -0.860. The third-order valence-corrected chi connectivity index (χ3v) is 9.50. The Kier molecular flexibility index (Phi) is 7.38. The van der Waals surface area contributed by atoms with Gasteiger partial charge in [0.2, 0.25) is 15.9 Å². The fourth-order valence-corrected chi connectivity index (χ4v) is 6.86. The van der Waals surface area contributed by atoms with Crippen LogP contribution in [0.25, 0.3) is 0 Å². The van der Waals surface area contributed by atoms with Crippen molar-refractivity contribution in [1.29, 1.82) is 0 Å². The van der Waals surface area contributed by atoms with Gasteiger partial charge in [0.05, 0.1) is 21.7 Å². The minimum Gasteiger partial charge on any atom is -0.310 e. The highest BCUT2D eigenvalue weighted by atomic mass is 35.5. The lowest BCUT2D eigenvalue weighted by Gasteiger charge is -2.44. The van der Waals surface area contributed by atoms with Crippen molar-refractivity contribution in [2.75, 3.05) is 37.3 Å². The average molecular weight is 517 g/mol. The Bertz CT molecular complexity index is 998. The molecule has 1 saturated heterocycles. The van der Waals surface area contributed by atoms with Gasteiger partial charge < -0.3 is 9.80 Å². The number of likely N-dealkylation sites (tertiary alicyclic amines) is 1. The van der Waals surface area contributed by atoms with Gasteiger partial charge in [0.25, 0.3) is 0 Å². The molecular weight excluding hydrogens is 481 g/mol. The van der Waals surface area contributed by atoms with Gasteiger partial charge in [-0.2, -0.15) is 0 Å². The summed E-state index contributed by atoms with van der Waals surface area (Å²) in [6.07, 6.45) is 7.68. The third-order valence-electron chi connectivity index (χ3n) is 8.05. The minimum absolute atomic E-state index is 0.0364. The van der Waals surface area contributed by atoms with Gasteiger partial charge in [0, 0.05) is 24.8 Å². The Morgan fingerprint density at radius 3 is 2.27 bits per heavy atom. The number of benzene rings is 1. The number of nitrogens with one attached hydrogen (secondary N) is 1. The lowest BCUT2D eigenvalue weighted by Crippen LogP contribution is -2.52. The van der Waals surface area contributed by atoms with Crippen molar-refractivity contribution >= 4 is 44.8 Å². The maximum atomic E-state index is 13.8. The highest BCUT2D eigenvalue weighted by Crippen LogP contribution is 2.50. The van der Waals surface area contributed by atoms with E-state index in [0.717, 1.165) is 55.3 Å². The maximum absolute atomic E-state index is 13.8. The number of hydrogen-bond acceptors (Lipinski definition) is 4. The van der Waals surface area contributed by atoms with Crippen molar-refractivity contribution in [2.24, 2.45) is 11.8 Å². The summed E-state index contributed by atoms with van der Waals surface area (Å²) in [6.45, 7) is 6.85. The molecule has 4 rings (SSSR count). The molecule has 0 bridgehead atoms. The van der Waals surface area contributed by atoms with E-state index in [1.807, 2.05) is 6.07 Å². The summed E-state index contributed by atoms with van der Waals surface area (Å²) in [5, 5.41) is 0.855. The summed E-state index contributed by atoms with van der Waals surface area (Å²) in [5.41, 5.74) is 1.08. The van der Waals surface area contributed by atoms with Gasteiger partial charge in [0.15, 0.2) is 0 Å². The molecule has 2 fully saturated rings. The molecule has 0 aromatic heterocycles. The predicted octanol–water partition coefficient (Wildman–Crippen LogP) is 4.44. The van der Waals surface area contributed by atoms with E-state index in [2.05, 4.69) is 23.5 Å². The first kappa shape index (κ1) is 25.2. The molecule has 1 amide bonds. The normalized spacial score (nSPS) is 25.8. The fraction of sp³-hybridized carbons (Fsp3) is 0.708. The fourth-order valence-electron chi connectivity index (χ4n) is 6.08. The average Bonchev–Trinajstić information content (AvgIpc) is 2.96. The SMILES string of the molecule is CC(C)C1CCC(N2CCC3(CC2)C(=O)N(CCNS(C)(=O)=O)c2cc(Cl)c(Cl)cc23)CC1. The van der Waals surface area contributed by atoms with E-state index in [0.29, 0.717) is 16.1 Å². The first-order valence-electron chi connectivity index (χ1n) is 12.0. The van der Waals surface area contributed by atoms with E-state index in [4.69, 9.17) is 23.2 Å². The molecule has 0 radical (unpaired) electrons. The van der Waals surface area contributed by atoms with E-state index < -0.39 is 15.4 Å². The van der Waals surface area contributed by atoms with Crippen LogP contribution < -0.4 is 9.62 Å². The third kappa shape index (κ3) is 5.08. The van der Waals surface area contributed by atoms with Gasteiger partial charge in [-0.1, -0.05) is 37.0 Å². The molecule has 1 spiro atoms. The minimum atomic E-state index is -3.33. The van der Waals surface area contributed by atoms with Gasteiger partial charge in [-0.15, -0.1) is 0 Å². The second kappa shape index (κ2) is 9.65. The van der Waals surface area contributed by atoms with Crippen molar-refractivity contribution in [2.45, 2.75) is 63.8 Å². The molecule has 1 aliphatic carbocycles. The zero-order valence-electron chi connectivity index (χ0n) is 19.7. The quantitative estimate of drug-likeness (QED) is 0.607. The van der Waals surface area contributed by atoms with E-state index >= 15 is 0 Å². The molecule has 184 valence electrons. The number of hydrogen-bond donors (Lipinski definition) is 1. The van der Waals surface area contributed by atoms with Gasteiger partial charge in [-0.05, 0) is 81.1 Å². The number of piperidine rings is 1. The summed E-state index contributed by atoms with van der Waals surface area (Å²) >= 11 is 12.7. The Balaban J connectivity index is 1.51. The molecule has 3 aliphatic rings. The molecule has 0 unspecified atom stereocenters. The van der Waals surface area contributed by atoms with Crippen LogP contribution >= 0.6 is 23.2 Å². The molecule has 2 aliphatic heterocycles. The van der Waals surface area contributed by atoms with Crippen LogP contribution in [-0.2, 0) is 20.2 Å². The first-order valence-corrected chi connectivity index (χ1v) is 14.7. The van der Waals surface area contributed by atoms with Gasteiger partial charge in [-0.25, -0.2) is 13.1 Å². The number of halogens is 2.